The summed E-state index contributed by atoms with van der Waals surface area (Å²) in [5, 5.41) is 5.99. The third kappa shape index (κ3) is 4.05. The number of anilines is 1. The first kappa shape index (κ1) is 15.0. The fraction of sp³-hybridized carbons (Fsp3) is 0.400. The van der Waals surface area contributed by atoms with Gasteiger partial charge in [-0.25, -0.2) is 9.97 Å². The highest BCUT2D eigenvalue weighted by molar-refractivity contribution is 5.94. The van der Waals surface area contributed by atoms with Crippen LogP contribution in [0, 0.1) is 6.92 Å². The number of nitrogens with one attached hydrogen (secondary N) is 2. The first-order valence-corrected chi connectivity index (χ1v) is 7.03. The summed E-state index contributed by atoms with van der Waals surface area (Å²) in [6, 6.07) is 3.25. The first-order chi connectivity index (χ1) is 10.1. The third-order valence-electron chi connectivity index (χ3n) is 2.94. The van der Waals surface area contributed by atoms with Gasteiger partial charge in [-0.05, 0) is 32.4 Å². The lowest BCUT2D eigenvalue weighted by Gasteiger charge is -2.10. The minimum atomic E-state index is -0.288. The van der Waals surface area contributed by atoms with Gasteiger partial charge in [0.05, 0.1) is 11.8 Å². The van der Waals surface area contributed by atoms with E-state index in [4.69, 9.17) is 4.42 Å². The molecule has 2 aromatic rings. The van der Waals surface area contributed by atoms with Gasteiger partial charge in [0, 0.05) is 12.7 Å². The monoisotopic (exact) mass is 288 g/mol. The molecule has 112 valence electrons. The van der Waals surface area contributed by atoms with Gasteiger partial charge < -0.3 is 15.1 Å². The second-order valence-electron chi connectivity index (χ2n) is 4.86. The number of amides is 1. The fourth-order valence-electron chi connectivity index (χ4n) is 1.80. The molecule has 0 aliphatic rings. The van der Waals surface area contributed by atoms with E-state index in [9.17, 15) is 4.79 Å². The number of carbonyl (C=O) groups excluding carboxylic acids is 1. The Morgan fingerprint density at radius 1 is 1.33 bits per heavy atom. The molecule has 0 radical (unpaired) electrons. The average molecular weight is 288 g/mol. The molecule has 1 unspecified atom stereocenters. The molecule has 0 aliphatic carbocycles. The summed E-state index contributed by atoms with van der Waals surface area (Å²) in [5.74, 6) is 1.78. The van der Waals surface area contributed by atoms with Crippen LogP contribution in [0.4, 0.5) is 5.82 Å². The van der Waals surface area contributed by atoms with Crippen molar-refractivity contribution in [2.75, 3.05) is 11.9 Å². The van der Waals surface area contributed by atoms with Gasteiger partial charge in [0.25, 0.3) is 5.91 Å². The molecule has 0 saturated carbocycles. The predicted molar refractivity (Wildman–Crippen MR) is 80.1 cm³/mol. The molecule has 0 fully saturated rings. The molecule has 6 nitrogen and oxygen atoms in total. The zero-order valence-electron chi connectivity index (χ0n) is 12.5. The zero-order valence-corrected chi connectivity index (χ0v) is 12.5. The molecule has 0 aliphatic heterocycles. The van der Waals surface area contributed by atoms with Crippen LogP contribution in [0.25, 0.3) is 0 Å². The molecule has 0 spiro atoms. The Balaban J connectivity index is 1.96. The largest absolute Gasteiger partial charge is 0.444 e. The molecular formula is C15H20N4O2. The summed E-state index contributed by atoms with van der Waals surface area (Å²) in [6.07, 6.45) is 4.21. The molecule has 2 heterocycles. The van der Waals surface area contributed by atoms with Crippen molar-refractivity contribution in [3.63, 3.8) is 0 Å². The summed E-state index contributed by atoms with van der Waals surface area (Å²) >= 11 is 0. The van der Waals surface area contributed by atoms with Crippen molar-refractivity contribution < 1.29 is 9.21 Å². The van der Waals surface area contributed by atoms with Crippen LogP contribution < -0.4 is 10.6 Å². The summed E-state index contributed by atoms with van der Waals surface area (Å²) in [4.78, 5) is 20.4. The van der Waals surface area contributed by atoms with E-state index in [-0.39, 0.29) is 11.9 Å². The molecule has 0 bridgehead atoms. The molecule has 0 saturated heterocycles. The maximum atomic E-state index is 12.1. The van der Waals surface area contributed by atoms with E-state index in [1.165, 1.54) is 0 Å². The maximum absolute atomic E-state index is 12.1. The molecule has 6 heteroatoms. The number of aryl methyl sites for hydroxylation is 1. The first-order valence-electron chi connectivity index (χ1n) is 7.03. The lowest BCUT2D eigenvalue weighted by atomic mass is 10.2. The van der Waals surface area contributed by atoms with Crippen LogP contribution in [0.2, 0.25) is 0 Å². The van der Waals surface area contributed by atoms with Crippen molar-refractivity contribution in [1.82, 2.24) is 15.3 Å². The number of pyridine rings is 1. The number of oxazole rings is 1. The number of nitrogens with zero attached hydrogens (tertiary/aromatic N) is 2. The van der Waals surface area contributed by atoms with Crippen LogP contribution in [0.5, 0.6) is 0 Å². The van der Waals surface area contributed by atoms with Gasteiger partial charge in [-0.1, -0.05) is 6.92 Å². The Morgan fingerprint density at radius 3 is 2.71 bits per heavy atom. The van der Waals surface area contributed by atoms with E-state index in [1.807, 2.05) is 13.8 Å². The minimum Gasteiger partial charge on any atom is -0.444 e. The smallest absolute Gasteiger partial charge is 0.253 e. The Morgan fingerprint density at radius 2 is 2.14 bits per heavy atom. The molecule has 2 N–H and O–H groups in total. The lowest BCUT2D eigenvalue weighted by molar-refractivity contribution is 0.0933. The normalized spacial score (nSPS) is 12.0. The van der Waals surface area contributed by atoms with E-state index < -0.39 is 0 Å². The molecule has 1 atom stereocenters. The summed E-state index contributed by atoms with van der Waals surface area (Å²) in [7, 11) is 0. The van der Waals surface area contributed by atoms with Gasteiger partial charge >= 0.3 is 0 Å². The molecular weight excluding hydrogens is 268 g/mol. The third-order valence-corrected chi connectivity index (χ3v) is 2.94. The number of rotatable bonds is 6. The molecule has 2 rings (SSSR count). The Bertz CT molecular complexity index is 592. The van der Waals surface area contributed by atoms with Crippen molar-refractivity contribution in [1.29, 1.82) is 0 Å². The second-order valence-corrected chi connectivity index (χ2v) is 4.86. The van der Waals surface area contributed by atoms with Gasteiger partial charge in [0.15, 0.2) is 0 Å². The standard InChI is InChI=1S/C15H20N4O2/c1-4-7-16-13-6-5-12(9-17-13)14(20)19-11(3)15-18-8-10(2)21-15/h5-6,8-9,11H,4,7H2,1-3H3,(H,16,17)(H,19,20). The van der Waals surface area contributed by atoms with E-state index >= 15 is 0 Å². The fourth-order valence-corrected chi connectivity index (χ4v) is 1.80. The van der Waals surface area contributed by atoms with Crippen LogP contribution in [0.15, 0.2) is 28.9 Å². The second kappa shape index (κ2) is 6.88. The van der Waals surface area contributed by atoms with Crippen molar-refractivity contribution in [3.8, 4) is 0 Å². The Kier molecular flexibility index (Phi) is 4.92. The van der Waals surface area contributed by atoms with Crippen molar-refractivity contribution >= 4 is 11.7 Å². The molecule has 2 aromatic heterocycles. The Hall–Kier alpha value is -2.37. The van der Waals surface area contributed by atoms with Crippen LogP contribution in [0.1, 0.15) is 48.3 Å². The quantitative estimate of drug-likeness (QED) is 0.854. The SMILES string of the molecule is CCCNc1ccc(C(=O)NC(C)c2ncc(C)o2)cn1. The van der Waals surface area contributed by atoms with Gasteiger partial charge in [-0.15, -0.1) is 0 Å². The highest BCUT2D eigenvalue weighted by atomic mass is 16.4. The van der Waals surface area contributed by atoms with E-state index in [0.29, 0.717) is 11.5 Å². The van der Waals surface area contributed by atoms with E-state index in [2.05, 4.69) is 27.5 Å². The zero-order chi connectivity index (χ0) is 15.2. The molecule has 21 heavy (non-hydrogen) atoms. The van der Waals surface area contributed by atoms with Crippen molar-refractivity contribution in [2.24, 2.45) is 0 Å². The summed E-state index contributed by atoms with van der Waals surface area (Å²) < 4.78 is 5.39. The number of hydrogen-bond acceptors (Lipinski definition) is 5. The van der Waals surface area contributed by atoms with Crippen molar-refractivity contribution in [3.05, 3.63) is 41.7 Å². The topological polar surface area (TPSA) is 80.0 Å². The van der Waals surface area contributed by atoms with Gasteiger partial charge in [0.1, 0.15) is 17.6 Å². The maximum Gasteiger partial charge on any atom is 0.253 e. The van der Waals surface area contributed by atoms with Crippen LogP contribution in [0.3, 0.4) is 0 Å². The van der Waals surface area contributed by atoms with Crippen molar-refractivity contribution in [2.45, 2.75) is 33.2 Å². The highest BCUT2D eigenvalue weighted by Gasteiger charge is 2.15. The van der Waals surface area contributed by atoms with Crippen LogP contribution in [-0.4, -0.2) is 22.4 Å². The number of hydrogen-bond donors (Lipinski definition) is 2. The average Bonchev–Trinajstić information content (AvgIpc) is 2.92. The molecule has 0 aromatic carbocycles. The van der Waals surface area contributed by atoms with Gasteiger partial charge in [-0.2, -0.15) is 0 Å². The van der Waals surface area contributed by atoms with E-state index in [1.54, 1.807) is 24.5 Å². The Labute approximate surface area is 124 Å². The predicted octanol–water partition coefficient (Wildman–Crippen LogP) is 2.69. The molecule has 1 amide bonds. The van der Waals surface area contributed by atoms with Crippen LogP contribution in [-0.2, 0) is 0 Å². The lowest BCUT2D eigenvalue weighted by Crippen LogP contribution is -2.27. The van der Waals surface area contributed by atoms with Gasteiger partial charge in [0.2, 0.25) is 5.89 Å². The minimum absolute atomic E-state index is 0.201. The van der Waals surface area contributed by atoms with E-state index in [0.717, 1.165) is 24.5 Å². The number of carbonyl (C=O) groups is 1. The highest BCUT2D eigenvalue weighted by Crippen LogP contribution is 2.13. The van der Waals surface area contributed by atoms with Gasteiger partial charge in [-0.3, -0.25) is 4.79 Å². The summed E-state index contributed by atoms with van der Waals surface area (Å²) in [6.45, 7) is 6.59. The van der Waals surface area contributed by atoms with Crippen LogP contribution >= 0.6 is 0 Å². The number of aromatic nitrogens is 2. The summed E-state index contributed by atoms with van der Waals surface area (Å²) in [5.41, 5.74) is 0.507.